The first kappa shape index (κ1) is 30.2. The molecule has 242 valence electrons. The number of nitrogen functional groups attached to an aromatic ring is 2. The molecular formula is C20H23FN10O12P2. The van der Waals surface area contributed by atoms with Crippen LogP contribution < -0.4 is 17.0 Å². The van der Waals surface area contributed by atoms with E-state index >= 15 is 4.39 Å². The summed E-state index contributed by atoms with van der Waals surface area (Å²) in [5.74, 6) is -0.291. The topological polar surface area (TPSA) is 309 Å². The number of aliphatic hydroxyl groups excluding tert-OH is 1. The van der Waals surface area contributed by atoms with E-state index in [-0.39, 0.29) is 34.1 Å². The van der Waals surface area contributed by atoms with Gasteiger partial charge in [-0.05, 0) is 0 Å². The largest absolute Gasteiger partial charge is 0.472 e. The Morgan fingerprint density at radius 3 is 2.24 bits per heavy atom. The Balaban J connectivity index is 1.21. The van der Waals surface area contributed by atoms with Gasteiger partial charge in [0.25, 0.3) is 5.56 Å². The van der Waals surface area contributed by atoms with Crippen molar-refractivity contribution in [1.29, 1.82) is 0 Å². The van der Waals surface area contributed by atoms with E-state index in [1.165, 1.54) is 10.9 Å². The monoisotopic (exact) mass is 676 g/mol. The standard InChI is InChI=1S/C20H23FN10O12P2/c21-8-6-1-38-44(34,35)42-12-7(41-18(11(12)32)30-4-26-9-14(22)24-3-25-15(9)30)2-39-45(36,37)43-13(8)19(40-6)31-5-27-10-16(31)28-20(23)29-17(10)33/h3-8,11-13,18-19,32H,1-2H2,(H,34,35)(H,36,37)(H2,22,24,25)(H3,23,28,29,33)/t6-,7-,8?,11+,12?,13+,18-,19-/m1/s1. The number of aliphatic hydroxyl groups is 1. The molecule has 0 aromatic carbocycles. The summed E-state index contributed by atoms with van der Waals surface area (Å²) < 4.78 is 76.1. The lowest BCUT2D eigenvalue weighted by atomic mass is 10.1. The molecule has 3 aliphatic rings. The van der Waals surface area contributed by atoms with E-state index in [1.54, 1.807) is 0 Å². The first-order valence-corrected chi connectivity index (χ1v) is 15.9. The second-order valence-electron chi connectivity index (χ2n) is 10.1. The highest BCUT2D eigenvalue weighted by molar-refractivity contribution is 7.47. The second-order valence-corrected chi connectivity index (χ2v) is 12.9. The van der Waals surface area contributed by atoms with Crippen LogP contribution in [0.2, 0.25) is 0 Å². The molecule has 0 amide bonds. The Kier molecular flexibility index (Phi) is 7.26. The van der Waals surface area contributed by atoms with Crippen molar-refractivity contribution in [1.82, 2.24) is 39.0 Å². The van der Waals surface area contributed by atoms with Gasteiger partial charge in [-0.1, -0.05) is 0 Å². The number of rotatable bonds is 2. The predicted octanol–water partition coefficient (Wildman–Crippen LogP) is -1.36. The molecule has 10 atom stereocenters. The Morgan fingerprint density at radius 1 is 0.889 bits per heavy atom. The molecule has 7 heterocycles. The molecule has 4 aromatic heterocycles. The zero-order valence-electron chi connectivity index (χ0n) is 22.3. The zero-order valence-corrected chi connectivity index (χ0v) is 24.1. The SMILES string of the molecule is Nc1nc2c(ncn2[C@@H]2O[C@@H]3COP(=O)(O)OC4[C@@H](COP(=O)(O)O[C@H]2C3F)O[C@@H](n2cnc3c(N)ncnc32)[C@H]4O)c(=O)[nH]1. The molecule has 0 aliphatic carbocycles. The lowest BCUT2D eigenvalue weighted by Gasteiger charge is -2.25. The molecule has 0 spiro atoms. The third-order valence-electron chi connectivity index (χ3n) is 7.27. The number of aromatic amines is 1. The number of hydrogen-bond donors (Lipinski definition) is 6. The van der Waals surface area contributed by atoms with Gasteiger partial charge >= 0.3 is 15.6 Å². The van der Waals surface area contributed by atoms with Crippen molar-refractivity contribution in [3.8, 4) is 0 Å². The average Bonchev–Trinajstić information content (AvgIpc) is 3.72. The molecule has 0 radical (unpaired) electrons. The van der Waals surface area contributed by atoms with Crippen LogP contribution in [-0.2, 0) is 36.7 Å². The van der Waals surface area contributed by atoms with Gasteiger partial charge in [-0.3, -0.25) is 37.0 Å². The van der Waals surface area contributed by atoms with Crippen LogP contribution in [-0.4, -0.2) is 104 Å². The number of aromatic nitrogens is 8. The van der Waals surface area contributed by atoms with Crippen molar-refractivity contribution >= 4 is 49.7 Å². The Bertz CT molecular complexity index is 1940. The number of alkyl halides is 1. The minimum atomic E-state index is -5.19. The second kappa shape index (κ2) is 10.8. The third-order valence-corrected chi connectivity index (χ3v) is 9.24. The molecule has 3 fully saturated rings. The lowest BCUT2D eigenvalue weighted by molar-refractivity contribution is -0.0671. The number of nitrogens with one attached hydrogen (secondary N) is 1. The molecule has 45 heavy (non-hydrogen) atoms. The lowest BCUT2D eigenvalue weighted by Crippen LogP contribution is -2.36. The maximum atomic E-state index is 15.7. The average molecular weight is 676 g/mol. The fraction of sp³-hybridized carbons (Fsp3) is 0.500. The van der Waals surface area contributed by atoms with Crippen LogP contribution >= 0.6 is 15.6 Å². The summed E-state index contributed by atoms with van der Waals surface area (Å²) in [6, 6.07) is 0. The molecule has 3 saturated heterocycles. The van der Waals surface area contributed by atoms with Crippen LogP contribution in [0.3, 0.4) is 0 Å². The first-order chi connectivity index (χ1) is 21.3. The summed E-state index contributed by atoms with van der Waals surface area (Å²) in [6.07, 6.45) is -10.5. The molecule has 7 rings (SSSR count). The van der Waals surface area contributed by atoms with E-state index in [9.17, 15) is 28.8 Å². The van der Waals surface area contributed by atoms with Gasteiger partial charge in [0.15, 0.2) is 41.3 Å². The summed E-state index contributed by atoms with van der Waals surface area (Å²) in [4.78, 5) is 55.5. The Labute approximate surface area is 248 Å². The van der Waals surface area contributed by atoms with Gasteiger partial charge in [0.2, 0.25) is 5.95 Å². The highest BCUT2D eigenvalue weighted by Crippen LogP contribution is 2.54. The highest BCUT2D eigenvalue weighted by atomic mass is 31.2. The van der Waals surface area contributed by atoms with E-state index in [1.807, 2.05) is 0 Å². The molecule has 4 aromatic rings. The molecule has 22 nitrogen and oxygen atoms in total. The molecule has 8 N–H and O–H groups in total. The smallest absolute Gasteiger partial charge is 0.386 e. The summed E-state index contributed by atoms with van der Waals surface area (Å²) in [7, 11) is -10.3. The summed E-state index contributed by atoms with van der Waals surface area (Å²) in [6.45, 7) is -1.82. The van der Waals surface area contributed by atoms with Crippen LogP contribution in [0.15, 0.2) is 23.8 Å². The van der Waals surface area contributed by atoms with Crippen molar-refractivity contribution in [3.05, 3.63) is 29.3 Å². The number of phosphoric acid groups is 2. The van der Waals surface area contributed by atoms with E-state index in [0.29, 0.717) is 0 Å². The van der Waals surface area contributed by atoms with Gasteiger partial charge in [-0.25, -0.2) is 33.5 Å². The van der Waals surface area contributed by atoms with E-state index in [4.69, 9.17) is 39.0 Å². The van der Waals surface area contributed by atoms with Crippen molar-refractivity contribution < 1.29 is 56.0 Å². The Morgan fingerprint density at radius 2 is 1.51 bits per heavy atom. The highest BCUT2D eigenvalue weighted by Gasteiger charge is 2.54. The van der Waals surface area contributed by atoms with Gasteiger partial charge in [0, 0.05) is 0 Å². The zero-order chi connectivity index (χ0) is 31.8. The van der Waals surface area contributed by atoms with E-state index in [0.717, 1.165) is 17.2 Å². The number of anilines is 2. The number of imidazole rings is 2. The molecule has 0 saturated carbocycles. The maximum absolute atomic E-state index is 15.7. The summed E-state index contributed by atoms with van der Waals surface area (Å²) in [5, 5.41) is 11.1. The number of fused-ring (bicyclic) bond motifs is 5. The van der Waals surface area contributed by atoms with Crippen LogP contribution in [0.25, 0.3) is 22.3 Å². The predicted molar refractivity (Wildman–Crippen MR) is 142 cm³/mol. The van der Waals surface area contributed by atoms with Crippen LogP contribution in [0, 0.1) is 0 Å². The number of nitrogens with two attached hydrogens (primary N) is 2. The van der Waals surface area contributed by atoms with Crippen LogP contribution in [0.1, 0.15) is 12.5 Å². The fourth-order valence-corrected chi connectivity index (χ4v) is 7.16. The van der Waals surface area contributed by atoms with Crippen molar-refractivity contribution in [2.75, 3.05) is 24.7 Å². The Hall–Kier alpha value is -3.47. The maximum Gasteiger partial charge on any atom is 0.472 e. The van der Waals surface area contributed by atoms with Crippen molar-refractivity contribution in [2.45, 2.75) is 49.1 Å². The molecule has 25 heteroatoms. The molecular weight excluding hydrogens is 653 g/mol. The molecule has 2 bridgehead atoms. The quantitative estimate of drug-likeness (QED) is 0.133. The van der Waals surface area contributed by atoms with E-state index < -0.39 is 83.6 Å². The fourth-order valence-electron chi connectivity index (χ4n) is 5.27. The molecule has 3 aliphatic heterocycles. The molecule has 4 unspecified atom stereocenters. The first-order valence-electron chi connectivity index (χ1n) is 12.9. The van der Waals surface area contributed by atoms with Crippen molar-refractivity contribution in [2.24, 2.45) is 0 Å². The normalized spacial score (nSPS) is 37.7. The van der Waals surface area contributed by atoms with Gasteiger partial charge in [-0.15, -0.1) is 0 Å². The minimum absolute atomic E-state index is 0.0241. The van der Waals surface area contributed by atoms with Crippen LogP contribution in [0.4, 0.5) is 16.2 Å². The van der Waals surface area contributed by atoms with Crippen molar-refractivity contribution in [3.63, 3.8) is 0 Å². The number of phosphoric ester groups is 2. The number of nitrogens with zero attached hydrogens (tertiary/aromatic N) is 7. The van der Waals surface area contributed by atoms with Gasteiger partial charge in [0.05, 0.1) is 25.9 Å². The minimum Gasteiger partial charge on any atom is -0.386 e. The summed E-state index contributed by atoms with van der Waals surface area (Å²) in [5.41, 5.74) is 10.6. The number of ether oxygens (including phenoxy) is 2. The summed E-state index contributed by atoms with van der Waals surface area (Å²) >= 11 is 0. The van der Waals surface area contributed by atoms with E-state index in [2.05, 4.69) is 29.9 Å². The number of H-pyrrole nitrogens is 1. The van der Waals surface area contributed by atoms with Gasteiger partial charge in [-0.2, -0.15) is 4.98 Å². The van der Waals surface area contributed by atoms with Crippen LogP contribution in [0.5, 0.6) is 0 Å². The van der Waals surface area contributed by atoms with Gasteiger partial charge in [0.1, 0.15) is 42.4 Å². The third kappa shape index (κ3) is 5.30. The van der Waals surface area contributed by atoms with Gasteiger partial charge < -0.3 is 35.8 Å². The number of halogens is 1. The number of hydrogen-bond acceptors (Lipinski definition) is 17.